The van der Waals surface area contributed by atoms with Crippen LogP contribution in [0.5, 0.6) is 5.75 Å². The van der Waals surface area contributed by atoms with Gasteiger partial charge in [0.15, 0.2) is 0 Å². The predicted octanol–water partition coefficient (Wildman–Crippen LogP) is 2.01. The lowest BCUT2D eigenvalue weighted by atomic mass is 10.2. The molecule has 1 saturated heterocycles. The van der Waals surface area contributed by atoms with Crippen LogP contribution in [0.1, 0.15) is 36.0 Å². The fraction of sp³-hybridized carbons (Fsp3) is 0.562. The van der Waals surface area contributed by atoms with E-state index in [4.69, 9.17) is 11.6 Å². The van der Waals surface area contributed by atoms with Gasteiger partial charge in [0.2, 0.25) is 0 Å². The van der Waals surface area contributed by atoms with Crippen molar-refractivity contribution < 1.29 is 15.0 Å². The minimum atomic E-state index is -0.288. The van der Waals surface area contributed by atoms with Crippen molar-refractivity contribution in [3.05, 3.63) is 28.8 Å². The third-order valence-electron chi connectivity index (χ3n) is 4.07. The molecule has 5 nitrogen and oxygen atoms in total. The van der Waals surface area contributed by atoms with Crippen molar-refractivity contribution >= 4 is 17.5 Å². The van der Waals surface area contributed by atoms with Gasteiger partial charge in [-0.25, -0.2) is 0 Å². The second-order valence-electron chi connectivity index (χ2n) is 5.64. The number of rotatable bonds is 7. The molecule has 122 valence electrons. The number of aromatic hydroxyl groups is 1. The van der Waals surface area contributed by atoms with Gasteiger partial charge in [0.1, 0.15) is 5.75 Å². The Hall–Kier alpha value is -1.30. The maximum Gasteiger partial charge on any atom is 0.255 e. The second-order valence-corrected chi connectivity index (χ2v) is 6.08. The third-order valence-corrected chi connectivity index (χ3v) is 4.31. The number of unbranched alkanes of at least 4 members (excludes halogenated alkanes) is 1. The number of phenols is 1. The molecule has 3 N–H and O–H groups in total. The summed E-state index contributed by atoms with van der Waals surface area (Å²) in [5.74, 6) is -0.392. The Labute approximate surface area is 135 Å². The van der Waals surface area contributed by atoms with Gasteiger partial charge in [-0.2, -0.15) is 0 Å². The lowest BCUT2D eigenvalue weighted by Gasteiger charge is -2.22. The van der Waals surface area contributed by atoms with Crippen molar-refractivity contribution in [2.24, 2.45) is 0 Å². The Morgan fingerprint density at radius 1 is 1.41 bits per heavy atom. The molecular formula is C16H23ClN2O3. The summed E-state index contributed by atoms with van der Waals surface area (Å²) in [6.07, 6.45) is 4.07. The summed E-state index contributed by atoms with van der Waals surface area (Å²) in [6.45, 7) is 2.80. The molecule has 2 rings (SSSR count). The number of likely N-dealkylation sites (tertiary alicyclic amines) is 1. The first-order valence-corrected chi connectivity index (χ1v) is 8.11. The molecule has 1 aliphatic rings. The maximum atomic E-state index is 11.9. The number of benzene rings is 1. The molecular weight excluding hydrogens is 304 g/mol. The molecule has 0 radical (unpaired) electrons. The van der Waals surface area contributed by atoms with Crippen molar-refractivity contribution in [3.63, 3.8) is 0 Å². The molecule has 1 unspecified atom stereocenters. The number of carbonyl (C=O) groups excluding carboxylic acids is 1. The molecule has 1 aromatic carbocycles. The van der Waals surface area contributed by atoms with E-state index in [0.717, 1.165) is 38.8 Å². The smallest absolute Gasteiger partial charge is 0.255 e. The van der Waals surface area contributed by atoms with Crippen molar-refractivity contribution in [2.45, 2.75) is 31.7 Å². The average molecular weight is 327 g/mol. The Bertz CT molecular complexity index is 510. The van der Waals surface area contributed by atoms with Crippen molar-refractivity contribution in [3.8, 4) is 5.75 Å². The van der Waals surface area contributed by atoms with E-state index in [1.54, 1.807) is 6.07 Å². The largest absolute Gasteiger partial charge is 0.507 e. The highest BCUT2D eigenvalue weighted by atomic mass is 35.5. The van der Waals surface area contributed by atoms with Crippen molar-refractivity contribution in [1.82, 2.24) is 10.2 Å². The summed E-state index contributed by atoms with van der Waals surface area (Å²) in [5.41, 5.74) is 0.240. The van der Waals surface area contributed by atoms with Gasteiger partial charge >= 0.3 is 0 Å². The van der Waals surface area contributed by atoms with Crippen LogP contribution in [0.4, 0.5) is 0 Å². The number of halogens is 1. The molecule has 1 atom stereocenters. The summed E-state index contributed by atoms with van der Waals surface area (Å²) < 4.78 is 0. The SMILES string of the molecule is O=C(NCCCCN1CCCC1CO)c1ccc(Cl)cc1O. The second kappa shape index (κ2) is 8.36. The van der Waals surface area contributed by atoms with Crippen LogP contribution in [0.15, 0.2) is 18.2 Å². The van der Waals surface area contributed by atoms with E-state index in [9.17, 15) is 15.0 Å². The van der Waals surface area contributed by atoms with E-state index >= 15 is 0 Å². The number of phenolic OH excluding ortho intramolecular Hbond substituents is 1. The first kappa shape index (κ1) is 17.1. The standard InChI is InChI=1S/C16H23ClN2O3/c17-12-5-6-14(15(21)10-12)16(22)18-7-1-2-8-19-9-3-4-13(19)11-20/h5-6,10,13,20-21H,1-4,7-9,11H2,(H,18,22). The highest BCUT2D eigenvalue weighted by Crippen LogP contribution is 2.21. The van der Waals surface area contributed by atoms with Gasteiger partial charge in [0.25, 0.3) is 5.91 Å². The number of nitrogens with zero attached hydrogens (tertiary/aromatic N) is 1. The van der Waals surface area contributed by atoms with E-state index in [0.29, 0.717) is 17.6 Å². The van der Waals surface area contributed by atoms with Crippen LogP contribution < -0.4 is 5.32 Å². The molecule has 0 aliphatic carbocycles. The maximum absolute atomic E-state index is 11.9. The van der Waals surface area contributed by atoms with Gasteiger partial charge in [-0.3, -0.25) is 9.69 Å². The zero-order chi connectivity index (χ0) is 15.9. The molecule has 22 heavy (non-hydrogen) atoms. The average Bonchev–Trinajstić information content (AvgIpc) is 2.94. The van der Waals surface area contributed by atoms with Gasteiger partial charge < -0.3 is 15.5 Å². The summed E-state index contributed by atoms with van der Waals surface area (Å²) in [5, 5.41) is 22.1. The minimum absolute atomic E-state index is 0.104. The summed E-state index contributed by atoms with van der Waals surface area (Å²) in [4.78, 5) is 14.2. The van der Waals surface area contributed by atoms with E-state index in [1.807, 2.05) is 0 Å². The van der Waals surface area contributed by atoms with Gasteiger partial charge in [0.05, 0.1) is 12.2 Å². The zero-order valence-electron chi connectivity index (χ0n) is 12.6. The first-order valence-electron chi connectivity index (χ1n) is 7.73. The summed E-state index contributed by atoms with van der Waals surface area (Å²) >= 11 is 5.74. The topological polar surface area (TPSA) is 72.8 Å². The molecule has 6 heteroatoms. The van der Waals surface area contributed by atoms with Crippen LogP contribution in [0, 0.1) is 0 Å². The molecule has 0 aromatic heterocycles. The Balaban J connectivity index is 1.67. The van der Waals surface area contributed by atoms with Crippen LogP contribution >= 0.6 is 11.6 Å². The highest BCUT2D eigenvalue weighted by molar-refractivity contribution is 6.30. The third kappa shape index (κ3) is 4.60. The van der Waals surface area contributed by atoms with Crippen molar-refractivity contribution in [2.75, 3.05) is 26.2 Å². The van der Waals surface area contributed by atoms with E-state index in [-0.39, 0.29) is 23.8 Å². The lowest BCUT2D eigenvalue weighted by Crippen LogP contribution is -2.33. The molecule has 0 saturated carbocycles. The molecule has 1 aliphatic heterocycles. The number of carbonyl (C=O) groups is 1. The van der Waals surface area contributed by atoms with Crippen LogP contribution in [-0.4, -0.2) is 53.3 Å². The molecule has 0 bridgehead atoms. The van der Waals surface area contributed by atoms with E-state index < -0.39 is 0 Å². The van der Waals surface area contributed by atoms with Gasteiger partial charge in [-0.15, -0.1) is 0 Å². The summed E-state index contributed by atoms with van der Waals surface area (Å²) in [6, 6.07) is 4.76. The molecule has 1 aromatic rings. The van der Waals surface area contributed by atoms with E-state index in [2.05, 4.69) is 10.2 Å². The highest BCUT2D eigenvalue weighted by Gasteiger charge is 2.22. The number of hydrogen-bond donors (Lipinski definition) is 3. The molecule has 0 spiro atoms. The van der Waals surface area contributed by atoms with Gasteiger partial charge in [-0.05, 0) is 57.0 Å². The van der Waals surface area contributed by atoms with Gasteiger partial charge in [0, 0.05) is 17.6 Å². The van der Waals surface area contributed by atoms with Crippen LogP contribution in [0.2, 0.25) is 5.02 Å². The van der Waals surface area contributed by atoms with Crippen LogP contribution in [0.3, 0.4) is 0 Å². The normalized spacial score (nSPS) is 18.5. The molecule has 1 amide bonds. The van der Waals surface area contributed by atoms with Crippen LogP contribution in [0.25, 0.3) is 0 Å². The molecule has 1 fully saturated rings. The van der Waals surface area contributed by atoms with E-state index in [1.165, 1.54) is 12.1 Å². The summed E-state index contributed by atoms with van der Waals surface area (Å²) in [7, 11) is 0. The van der Waals surface area contributed by atoms with Crippen molar-refractivity contribution in [1.29, 1.82) is 0 Å². The number of amides is 1. The molecule has 1 heterocycles. The zero-order valence-corrected chi connectivity index (χ0v) is 13.4. The minimum Gasteiger partial charge on any atom is -0.507 e. The van der Waals surface area contributed by atoms with Gasteiger partial charge in [-0.1, -0.05) is 11.6 Å². The number of hydrogen-bond acceptors (Lipinski definition) is 4. The lowest BCUT2D eigenvalue weighted by molar-refractivity contribution is 0.0949. The van der Waals surface area contributed by atoms with Crippen LogP contribution in [-0.2, 0) is 0 Å². The quantitative estimate of drug-likeness (QED) is 0.670. The Morgan fingerprint density at radius 2 is 2.23 bits per heavy atom. The fourth-order valence-electron chi connectivity index (χ4n) is 2.83. The Kier molecular flexibility index (Phi) is 6.49. The number of nitrogens with one attached hydrogen (secondary N) is 1. The predicted molar refractivity (Wildman–Crippen MR) is 86.4 cm³/mol. The first-order chi connectivity index (χ1) is 10.6. The number of aliphatic hydroxyl groups is 1. The monoisotopic (exact) mass is 326 g/mol. The fourth-order valence-corrected chi connectivity index (χ4v) is 3.00. The Morgan fingerprint density at radius 3 is 2.95 bits per heavy atom. The number of aliphatic hydroxyl groups excluding tert-OH is 1.